The van der Waals surface area contributed by atoms with Crippen LogP contribution in [0, 0.1) is 5.82 Å². The third kappa shape index (κ3) is 7.07. The number of sulfonamides is 1. The van der Waals surface area contributed by atoms with Crippen LogP contribution in [0.2, 0.25) is 0 Å². The maximum Gasteiger partial charge on any atom is 0.215 e. The van der Waals surface area contributed by atoms with E-state index in [1.807, 2.05) is 0 Å². The average molecular weight is 567 g/mol. The number of hydrogen-bond acceptors (Lipinski definition) is 4. The molecule has 0 aliphatic carbocycles. The lowest BCUT2D eigenvalue weighted by molar-refractivity contribution is 0.338. The van der Waals surface area contributed by atoms with Gasteiger partial charge in [0.1, 0.15) is 18.2 Å². The van der Waals surface area contributed by atoms with Crippen LogP contribution in [0.1, 0.15) is 31.9 Å². The summed E-state index contributed by atoms with van der Waals surface area (Å²) >= 11 is 3.25. The molecule has 0 radical (unpaired) electrons. The van der Waals surface area contributed by atoms with Crippen LogP contribution >= 0.6 is 15.9 Å². The first-order valence-electron chi connectivity index (χ1n) is 10.2. The maximum absolute atomic E-state index is 14.9. The largest absolute Gasteiger partial charge is 0.497 e. The molecule has 10 heteroatoms. The standard InChI is InChI=1S/C23H30BrF2NO4S2/c1-22(2,3)32(28)15-23(14-25,20-12-18(24)8-11-21(20)26)16-33(29,30)27(4)13-17-6-9-19(31-5)10-7-17/h6-12H,13-16H2,1-5H3/t23-,32?/m0/s1. The fourth-order valence-corrected chi connectivity index (χ4v) is 6.62. The quantitative estimate of drug-likeness (QED) is 0.414. The van der Waals surface area contributed by atoms with E-state index in [0.29, 0.717) is 15.8 Å². The molecule has 0 fully saturated rings. The lowest BCUT2D eigenvalue weighted by Crippen LogP contribution is -2.48. The SMILES string of the molecule is COc1ccc(CN(C)S(=O)(=O)C[C@](CF)(CS(=O)C(C)(C)C)c2cc(Br)ccc2F)cc1. The zero-order chi connectivity index (χ0) is 25.0. The maximum atomic E-state index is 14.9. The van der Waals surface area contributed by atoms with Gasteiger partial charge in [-0.2, -0.15) is 0 Å². The Morgan fingerprint density at radius 3 is 2.24 bits per heavy atom. The van der Waals surface area contributed by atoms with Crippen LogP contribution < -0.4 is 4.74 Å². The molecule has 0 saturated carbocycles. The van der Waals surface area contributed by atoms with Crippen molar-refractivity contribution in [1.82, 2.24) is 4.31 Å². The van der Waals surface area contributed by atoms with Gasteiger partial charge in [0, 0.05) is 39.4 Å². The predicted octanol–water partition coefficient (Wildman–Crippen LogP) is 4.81. The molecule has 0 amide bonds. The molecule has 0 spiro atoms. The van der Waals surface area contributed by atoms with Crippen molar-refractivity contribution >= 4 is 36.8 Å². The minimum atomic E-state index is -4.07. The van der Waals surface area contributed by atoms with Crippen molar-refractivity contribution in [2.75, 3.05) is 32.3 Å². The van der Waals surface area contributed by atoms with E-state index >= 15 is 0 Å². The molecule has 2 aromatic rings. The molecular weight excluding hydrogens is 536 g/mol. The molecule has 0 heterocycles. The predicted molar refractivity (Wildman–Crippen MR) is 133 cm³/mol. The molecule has 184 valence electrons. The molecule has 0 bridgehead atoms. The zero-order valence-corrected chi connectivity index (χ0v) is 22.6. The van der Waals surface area contributed by atoms with E-state index in [1.54, 1.807) is 45.0 Å². The summed E-state index contributed by atoms with van der Waals surface area (Å²) in [6, 6.07) is 10.9. The van der Waals surface area contributed by atoms with E-state index in [1.165, 1.54) is 26.3 Å². The minimum Gasteiger partial charge on any atom is -0.497 e. The number of benzene rings is 2. The zero-order valence-electron chi connectivity index (χ0n) is 19.4. The van der Waals surface area contributed by atoms with Crippen molar-refractivity contribution in [3.63, 3.8) is 0 Å². The highest BCUT2D eigenvalue weighted by Gasteiger charge is 2.44. The van der Waals surface area contributed by atoms with Crippen molar-refractivity contribution in [1.29, 1.82) is 0 Å². The van der Waals surface area contributed by atoms with Gasteiger partial charge in [0.05, 0.1) is 18.3 Å². The van der Waals surface area contributed by atoms with Gasteiger partial charge in [-0.25, -0.2) is 17.1 Å². The summed E-state index contributed by atoms with van der Waals surface area (Å²) in [6.45, 7) is 4.00. The smallest absolute Gasteiger partial charge is 0.215 e. The number of ether oxygens (including phenoxy) is 1. The second-order valence-corrected chi connectivity index (χ2v) is 14.2. The Hall–Kier alpha value is -1.36. The van der Waals surface area contributed by atoms with Gasteiger partial charge in [0.25, 0.3) is 0 Å². The highest BCUT2D eigenvalue weighted by molar-refractivity contribution is 9.10. The fraction of sp³-hybridized carbons (Fsp3) is 0.478. The van der Waals surface area contributed by atoms with Crippen LogP contribution in [0.5, 0.6) is 5.75 Å². The van der Waals surface area contributed by atoms with Crippen LogP contribution in [-0.2, 0) is 32.8 Å². The molecule has 0 aliphatic rings. The van der Waals surface area contributed by atoms with Crippen molar-refractivity contribution < 1.29 is 26.1 Å². The first-order chi connectivity index (χ1) is 15.2. The molecule has 0 aliphatic heterocycles. The van der Waals surface area contributed by atoms with Crippen LogP contribution in [0.3, 0.4) is 0 Å². The number of halogens is 3. The molecule has 33 heavy (non-hydrogen) atoms. The number of methoxy groups -OCH3 is 1. The molecule has 2 rings (SSSR count). The molecule has 0 N–H and O–H groups in total. The Labute approximate surface area is 206 Å². The highest BCUT2D eigenvalue weighted by atomic mass is 79.9. The third-order valence-electron chi connectivity index (χ3n) is 5.34. The lowest BCUT2D eigenvalue weighted by Gasteiger charge is -2.35. The Balaban J connectivity index is 2.46. The molecule has 5 nitrogen and oxygen atoms in total. The van der Waals surface area contributed by atoms with Gasteiger partial charge in [-0.05, 0) is 62.2 Å². The number of hydrogen-bond donors (Lipinski definition) is 0. The first-order valence-corrected chi connectivity index (χ1v) is 13.9. The summed E-state index contributed by atoms with van der Waals surface area (Å²) in [5.74, 6) is -1.17. The van der Waals surface area contributed by atoms with Crippen LogP contribution in [-0.4, -0.2) is 54.0 Å². The Bertz CT molecular complexity index is 1090. The summed E-state index contributed by atoms with van der Waals surface area (Å²) in [6.07, 6.45) is 0. The summed E-state index contributed by atoms with van der Waals surface area (Å²) < 4.78 is 75.3. The second-order valence-electron chi connectivity index (χ2n) is 9.00. The van der Waals surface area contributed by atoms with Gasteiger partial charge >= 0.3 is 0 Å². The minimum absolute atomic E-state index is 0.0397. The van der Waals surface area contributed by atoms with E-state index in [2.05, 4.69) is 15.9 Å². The van der Waals surface area contributed by atoms with Crippen molar-refractivity contribution in [3.05, 3.63) is 63.9 Å². The van der Waals surface area contributed by atoms with E-state index < -0.39 is 49.2 Å². The Morgan fingerprint density at radius 2 is 1.73 bits per heavy atom. The topological polar surface area (TPSA) is 63.7 Å². The van der Waals surface area contributed by atoms with E-state index in [9.17, 15) is 21.4 Å². The monoisotopic (exact) mass is 565 g/mol. The third-order valence-corrected chi connectivity index (χ3v) is 10.0. The summed E-state index contributed by atoms with van der Waals surface area (Å²) in [7, 11) is -2.78. The summed E-state index contributed by atoms with van der Waals surface area (Å²) in [5.41, 5.74) is -1.23. The van der Waals surface area contributed by atoms with Crippen LogP contribution in [0.4, 0.5) is 8.78 Å². The summed E-state index contributed by atoms with van der Waals surface area (Å²) in [4.78, 5) is 0. The van der Waals surface area contributed by atoms with Gasteiger partial charge in [-0.3, -0.25) is 8.60 Å². The molecule has 1 unspecified atom stereocenters. The van der Waals surface area contributed by atoms with Gasteiger partial charge < -0.3 is 4.74 Å². The van der Waals surface area contributed by atoms with Crippen LogP contribution in [0.25, 0.3) is 0 Å². The van der Waals surface area contributed by atoms with Gasteiger partial charge in [0.2, 0.25) is 10.0 Å². The van der Waals surface area contributed by atoms with Gasteiger partial charge in [-0.15, -0.1) is 0 Å². The molecule has 0 saturated heterocycles. The number of rotatable bonds is 10. The Kier molecular flexibility index (Phi) is 9.23. The molecular formula is C23H30BrF2NO4S2. The van der Waals surface area contributed by atoms with Gasteiger partial charge in [-0.1, -0.05) is 28.1 Å². The second kappa shape index (κ2) is 10.9. The lowest BCUT2D eigenvalue weighted by atomic mass is 9.85. The van der Waals surface area contributed by atoms with Crippen LogP contribution in [0.15, 0.2) is 46.9 Å². The summed E-state index contributed by atoms with van der Waals surface area (Å²) in [5, 5.41) is 0. The normalized spacial score (nSPS) is 15.3. The van der Waals surface area contributed by atoms with E-state index in [-0.39, 0.29) is 17.9 Å². The van der Waals surface area contributed by atoms with E-state index in [4.69, 9.17) is 4.74 Å². The fourth-order valence-electron chi connectivity index (χ4n) is 3.26. The molecule has 0 aromatic heterocycles. The molecule has 2 atom stereocenters. The van der Waals surface area contributed by atoms with Gasteiger partial charge in [0.15, 0.2) is 0 Å². The average Bonchev–Trinajstić information content (AvgIpc) is 2.74. The Morgan fingerprint density at radius 1 is 1.12 bits per heavy atom. The number of nitrogens with zero attached hydrogens (tertiary/aromatic N) is 1. The van der Waals surface area contributed by atoms with Crippen molar-refractivity contribution in [2.45, 2.75) is 37.5 Å². The highest BCUT2D eigenvalue weighted by Crippen LogP contribution is 2.35. The first kappa shape index (κ1) is 27.9. The van der Waals surface area contributed by atoms with Crippen molar-refractivity contribution in [2.24, 2.45) is 0 Å². The number of alkyl halides is 1. The molecule has 2 aromatic carbocycles. The van der Waals surface area contributed by atoms with E-state index in [0.717, 1.165) is 10.4 Å². The van der Waals surface area contributed by atoms with Crippen molar-refractivity contribution in [3.8, 4) is 5.75 Å².